The maximum absolute atomic E-state index is 12.1. The van der Waals surface area contributed by atoms with Gasteiger partial charge in [-0.25, -0.2) is 0 Å². The number of carbonyl (C=O) groups excluding carboxylic acids is 1. The van der Waals surface area contributed by atoms with Crippen LogP contribution >= 0.6 is 24.0 Å². The second-order valence-electron chi connectivity index (χ2n) is 8.18. The number of nitrogens with one attached hydrogen (secondary N) is 1. The topological polar surface area (TPSA) is 72.4 Å². The molecule has 0 amide bonds. The lowest BCUT2D eigenvalue weighted by Gasteiger charge is -2.35. The fourth-order valence-corrected chi connectivity index (χ4v) is 3.82. The highest BCUT2D eigenvalue weighted by Gasteiger charge is 2.30. The lowest BCUT2D eigenvalue weighted by molar-refractivity contribution is -0.149. The number of hydrogen-bond donors (Lipinski definition) is 1. The number of rotatable bonds is 5. The summed E-state index contributed by atoms with van der Waals surface area (Å²) in [4.78, 5) is 18.8. The van der Waals surface area contributed by atoms with E-state index in [0.717, 1.165) is 36.8 Å². The van der Waals surface area contributed by atoms with Gasteiger partial charge in [0.2, 0.25) is 0 Å². The molecule has 0 saturated carbocycles. The van der Waals surface area contributed by atoms with E-state index in [1.807, 2.05) is 13.0 Å². The van der Waals surface area contributed by atoms with Crippen LogP contribution in [0.15, 0.2) is 23.2 Å². The summed E-state index contributed by atoms with van der Waals surface area (Å²) in [6.45, 7) is 10.1. The van der Waals surface area contributed by atoms with Crippen LogP contribution in [0.4, 0.5) is 0 Å². The Morgan fingerprint density at radius 1 is 1.30 bits per heavy atom. The molecule has 0 radical (unpaired) electrons. The molecule has 0 spiro atoms. The second kappa shape index (κ2) is 11.1. The summed E-state index contributed by atoms with van der Waals surface area (Å²) in [6, 6.07) is 6.14. The Hall–Kier alpha value is -1.71. The van der Waals surface area contributed by atoms with Crippen LogP contribution < -0.4 is 14.8 Å². The summed E-state index contributed by atoms with van der Waals surface area (Å²) in [5, 5.41) is 3.50. The van der Waals surface area contributed by atoms with E-state index in [1.165, 1.54) is 5.56 Å². The van der Waals surface area contributed by atoms with Crippen molar-refractivity contribution in [2.45, 2.75) is 39.0 Å². The normalized spacial score (nSPS) is 19.0. The van der Waals surface area contributed by atoms with Crippen LogP contribution in [-0.4, -0.2) is 63.3 Å². The number of likely N-dealkylation sites (tertiary alicyclic amines) is 1. The molecule has 1 unspecified atom stereocenters. The molecule has 1 aromatic carbocycles. The van der Waals surface area contributed by atoms with Crippen LogP contribution in [0, 0.1) is 5.92 Å². The van der Waals surface area contributed by atoms with Gasteiger partial charge in [0, 0.05) is 32.1 Å². The Morgan fingerprint density at radius 3 is 2.73 bits per heavy atom. The van der Waals surface area contributed by atoms with Gasteiger partial charge in [-0.2, -0.15) is 0 Å². The molecular weight excluding hydrogens is 497 g/mol. The average Bonchev–Trinajstić information content (AvgIpc) is 2.74. The van der Waals surface area contributed by atoms with E-state index in [0.29, 0.717) is 32.9 Å². The molecule has 3 rings (SSSR count). The first-order valence-electron chi connectivity index (χ1n) is 10.5. The third-order valence-corrected chi connectivity index (χ3v) is 5.56. The predicted octanol–water partition coefficient (Wildman–Crippen LogP) is 3.20. The third-order valence-electron chi connectivity index (χ3n) is 5.56. The molecule has 0 bridgehead atoms. The Balaban J connectivity index is 0.00000320. The van der Waals surface area contributed by atoms with E-state index < -0.39 is 0 Å². The Labute approximate surface area is 196 Å². The molecule has 2 aliphatic rings. The molecule has 2 aliphatic heterocycles. The van der Waals surface area contributed by atoms with Crippen molar-refractivity contribution < 1.29 is 19.0 Å². The van der Waals surface area contributed by atoms with Gasteiger partial charge in [-0.1, -0.05) is 19.9 Å². The van der Waals surface area contributed by atoms with E-state index in [2.05, 4.69) is 41.2 Å². The predicted molar refractivity (Wildman–Crippen MR) is 128 cm³/mol. The van der Waals surface area contributed by atoms with Gasteiger partial charge in [0.1, 0.15) is 13.2 Å². The summed E-state index contributed by atoms with van der Waals surface area (Å²) in [7, 11) is 1.79. The summed E-state index contributed by atoms with van der Waals surface area (Å²) >= 11 is 0. The lowest BCUT2D eigenvalue weighted by atomic mass is 9.84. The molecule has 0 aliphatic carbocycles. The second-order valence-corrected chi connectivity index (χ2v) is 8.18. The summed E-state index contributed by atoms with van der Waals surface area (Å²) in [6.07, 6.45) is 1.82. The molecule has 0 aromatic heterocycles. The van der Waals surface area contributed by atoms with Gasteiger partial charge in [0.15, 0.2) is 17.5 Å². The van der Waals surface area contributed by atoms with Gasteiger partial charge >= 0.3 is 5.97 Å². The van der Waals surface area contributed by atoms with Gasteiger partial charge in [0.25, 0.3) is 0 Å². The lowest BCUT2D eigenvalue weighted by Crippen LogP contribution is -2.50. The number of hydrogen-bond acceptors (Lipinski definition) is 5. The van der Waals surface area contributed by atoms with Crippen LogP contribution in [0.2, 0.25) is 0 Å². The highest BCUT2D eigenvalue weighted by molar-refractivity contribution is 14.0. The van der Waals surface area contributed by atoms with E-state index >= 15 is 0 Å². The van der Waals surface area contributed by atoms with Crippen molar-refractivity contribution in [1.82, 2.24) is 10.2 Å². The van der Waals surface area contributed by atoms with Crippen LogP contribution in [-0.2, 0) is 14.9 Å². The van der Waals surface area contributed by atoms with Gasteiger partial charge in [-0.05, 0) is 37.5 Å². The van der Waals surface area contributed by atoms with Gasteiger partial charge in [-0.15, -0.1) is 24.0 Å². The monoisotopic (exact) mass is 531 g/mol. The molecule has 1 saturated heterocycles. The Bertz CT molecular complexity index is 754. The third kappa shape index (κ3) is 5.92. The number of fused-ring (bicyclic) bond motifs is 1. The number of halogens is 1. The molecule has 1 atom stereocenters. The van der Waals surface area contributed by atoms with Crippen molar-refractivity contribution in [3.63, 3.8) is 0 Å². The Kier molecular flexibility index (Phi) is 9.06. The Morgan fingerprint density at radius 2 is 2.03 bits per heavy atom. The fourth-order valence-electron chi connectivity index (χ4n) is 3.82. The van der Waals surface area contributed by atoms with Crippen LogP contribution in [0.1, 0.15) is 39.2 Å². The molecule has 1 fully saturated rings. The number of carbonyl (C=O) groups is 1. The summed E-state index contributed by atoms with van der Waals surface area (Å²) in [5.41, 5.74) is 1.04. The number of benzene rings is 1. The first-order valence-corrected chi connectivity index (χ1v) is 10.5. The van der Waals surface area contributed by atoms with Crippen molar-refractivity contribution in [2.24, 2.45) is 10.9 Å². The highest BCUT2D eigenvalue weighted by Crippen LogP contribution is 2.35. The molecule has 8 heteroatoms. The molecular formula is C22H34IN3O4. The van der Waals surface area contributed by atoms with E-state index in [-0.39, 0.29) is 41.3 Å². The molecule has 30 heavy (non-hydrogen) atoms. The van der Waals surface area contributed by atoms with E-state index in [1.54, 1.807) is 7.05 Å². The minimum atomic E-state index is -0.137. The first kappa shape index (κ1) is 24.6. The number of aliphatic imine (C=N–C) groups is 1. The summed E-state index contributed by atoms with van der Waals surface area (Å²) in [5.74, 6) is 2.24. The maximum Gasteiger partial charge on any atom is 0.310 e. The maximum atomic E-state index is 12.1. The van der Waals surface area contributed by atoms with Crippen molar-refractivity contribution in [3.05, 3.63) is 23.8 Å². The summed E-state index contributed by atoms with van der Waals surface area (Å²) < 4.78 is 16.6. The van der Waals surface area contributed by atoms with Gasteiger partial charge in [-0.3, -0.25) is 9.79 Å². The number of guanidine groups is 1. The van der Waals surface area contributed by atoms with Crippen LogP contribution in [0.25, 0.3) is 0 Å². The van der Waals surface area contributed by atoms with Crippen LogP contribution in [0.5, 0.6) is 11.5 Å². The van der Waals surface area contributed by atoms with E-state index in [4.69, 9.17) is 14.2 Å². The van der Waals surface area contributed by atoms with Crippen molar-refractivity contribution >= 4 is 35.9 Å². The fraction of sp³-hybridized carbons (Fsp3) is 0.636. The van der Waals surface area contributed by atoms with Gasteiger partial charge in [0.05, 0.1) is 12.5 Å². The number of esters is 1. The van der Waals surface area contributed by atoms with Crippen LogP contribution in [0.3, 0.4) is 0 Å². The van der Waals surface area contributed by atoms with Gasteiger partial charge < -0.3 is 24.4 Å². The molecule has 168 valence electrons. The molecule has 1 N–H and O–H groups in total. The quantitative estimate of drug-likeness (QED) is 0.273. The number of piperidine rings is 1. The van der Waals surface area contributed by atoms with Crippen molar-refractivity contribution in [1.29, 1.82) is 0 Å². The molecule has 1 aromatic rings. The molecule has 7 nitrogen and oxygen atoms in total. The van der Waals surface area contributed by atoms with E-state index in [9.17, 15) is 4.79 Å². The first-order chi connectivity index (χ1) is 13.9. The highest BCUT2D eigenvalue weighted by atomic mass is 127. The molecule has 2 heterocycles. The minimum Gasteiger partial charge on any atom is -0.486 e. The number of ether oxygens (including phenoxy) is 3. The average molecular weight is 531 g/mol. The number of nitrogens with zero attached hydrogens (tertiary/aromatic N) is 2. The minimum absolute atomic E-state index is 0. The van der Waals surface area contributed by atoms with Crippen molar-refractivity contribution in [3.8, 4) is 11.5 Å². The zero-order valence-corrected chi connectivity index (χ0v) is 20.7. The zero-order valence-electron chi connectivity index (χ0n) is 18.4. The smallest absolute Gasteiger partial charge is 0.310 e. The largest absolute Gasteiger partial charge is 0.486 e. The van der Waals surface area contributed by atoms with Crippen molar-refractivity contribution in [2.75, 3.05) is 46.5 Å². The zero-order chi connectivity index (χ0) is 20.9. The standard InChI is InChI=1S/C22H33N3O4.HI/c1-5-27-20(26)16-7-6-10-25(14-16)21(23-4)24-15-22(2,3)17-8-9-18-19(13-17)29-12-11-28-18;/h8-9,13,16H,5-7,10-12,14-15H2,1-4H3,(H,23,24);1H. The SMILES string of the molecule is CCOC(=O)C1CCCN(C(=NC)NCC(C)(C)c2ccc3c(c2)OCCO3)C1.I.